The van der Waals surface area contributed by atoms with Crippen LogP contribution >= 0.6 is 11.3 Å². The SMILES string of the molecule is CC(C)n1ncc2c(C(=O)Nc3cccc(C(=O)N4CCOCC4)c3)cc(-c3cccs3)nc21. The molecule has 0 spiro atoms. The van der Waals surface area contributed by atoms with Gasteiger partial charge in [-0.1, -0.05) is 12.1 Å². The molecule has 174 valence electrons. The number of pyridine rings is 1. The van der Waals surface area contributed by atoms with Gasteiger partial charge >= 0.3 is 0 Å². The average molecular weight is 476 g/mol. The number of aromatic nitrogens is 3. The molecule has 0 atom stereocenters. The van der Waals surface area contributed by atoms with Crippen LogP contribution in [0.15, 0.2) is 54.0 Å². The van der Waals surface area contributed by atoms with E-state index in [2.05, 4.69) is 10.4 Å². The minimum Gasteiger partial charge on any atom is -0.378 e. The van der Waals surface area contributed by atoms with Crippen LogP contribution in [-0.4, -0.2) is 57.8 Å². The van der Waals surface area contributed by atoms with Crippen molar-refractivity contribution >= 4 is 39.9 Å². The molecular formula is C25H25N5O3S. The van der Waals surface area contributed by atoms with Gasteiger partial charge in [0.1, 0.15) is 0 Å². The molecule has 0 radical (unpaired) electrons. The van der Waals surface area contributed by atoms with Gasteiger partial charge in [-0.2, -0.15) is 5.10 Å². The van der Waals surface area contributed by atoms with E-state index in [1.54, 1.807) is 52.8 Å². The third-order valence-corrected chi connectivity index (χ3v) is 6.63. The highest BCUT2D eigenvalue weighted by atomic mass is 32.1. The number of ether oxygens (including phenoxy) is 1. The number of amides is 2. The Labute approximate surface area is 201 Å². The van der Waals surface area contributed by atoms with Gasteiger partial charge in [0, 0.05) is 30.4 Å². The van der Waals surface area contributed by atoms with Gasteiger partial charge in [0.25, 0.3) is 11.8 Å². The van der Waals surface area contributed by atoms with Crippen molar-refractivity contribution in [2.45, 2.75) is 19.9 Å². The highest BCUT2D eigenvalue weighted by Crippen LogP contribution is 2.29. The van der Waals surface area contributed by atoms with Gasteiger partial charge in [-0.25, -0.2) is 9.67 Å². The van der Waals surface area contributed by atoms with Crippen LogP contribution in [0.4, 0.5) is 5.69 Å². The minimum absolute atomic E-state index is 0.0658. The van der Waals surface area contributed by atoms with Crippen LogP contribution in [0.1, 0.15) is 40.6 Å². The highest BCUT2D eigenvalue weighted by Gasteiger charge is 2.21. The first-order valence-corrected chi connectivity index (χ1v) is 12.1. The summed E-state index contributed by atoms with van der Waals surface area (Å²) < 4.78 is 7.16. The molecule has 1 aromatic carbocycles. The first kappa shape index (κ1) is 22.2. The summed E-state index contributed by atoms with van der Waals surface area (Å²) in [7, 11) is 0. The lowest BCUT2D eigenvalue weighted by atomic mass is 10.1. The van der Waals surface area contributed by atoms with Gasteiger partial charge in [-0.05, 0) is 49.6 Å². The Morgan fingerprint density at radius 2 is 1.94 bits per heavy atom. The van der Waals surface area contributed by atoms with Crippen LogP contribution in [0, 0.1) is 0 Å². The van der Waals surface area contributed by atoms with Crippen LogP contribution in [0.5, 0.6) is 0 Å². The van der Waals surface area contributed by atoms with Crippen molar-refractivity contribution in [2.75, 3.05) is 31.6 Å². The molecule has 0 aliphatic carbocycles. The molecule has 1 fully saturated rings. The lowest BCUT2D eigenvalue weighted by Crippen LogP contribution is -2.40. The fourth-order valence-corrected chi connectivity index (χ4v) is 4.70. The number of benzene rings is 1. The van der Waals surface area contributed by atoms with Crippen molar-refractivity contribution < 1.29 is 14.3 Å². The predicted molar refractivity (Wildman–Crippen MR) is 132 cm³/mol. The van der Waals surface area contributed by atoms with E-state index in [-0.39, 0.29) is 17.9 Å². The second kappa shape index (κ2) is 9.36. The number of carbonyl (C=O) groups excluding carboxylic acids is 2. The third kappa shape index (κ3) is 4.32. The fourth-order valence-electron chi connectivity index (χ4n) is 4.01. The number of thiophene rings is 1. The number of anilines is 1. The molecule has 0 unspecified atom stereocenters. The zero-order valence-corrected chi connectivity index (χ0v) is 19.8. The Kier molecular flexibility index (Phi) is 6.12. The standard InChI is InChI=1S/C25H25N5O3S/c1-16(2)30-23-20(15-26-30)19(14-21(28-23)22-7-4-12-34-22)24(31)27-18-6-3-5-17(13-18)25(32)29-8-10-33-11-9-29/h3-7,12-16H,8-11H2,1-2H3,(H,27,31). The smallest absolute Gasteiger partial charge is 0.256 e. The number of morpholine rings is 1. The van der Waals surface area contributed by atoms with Gasteiger partial charge < -0.3 is 15.0 Å². The first-order valence-electron chi connectivity index (χ1n) is 11.2. The Morgan fingerprint density at radius 1 is 1.12 bits per heavy atom. The van der Waals surface area contributed by atoms with E-state index in [4.69, 9.17) is 9.72 Å². The number of fused-ring (bicyclic) bond motifs is 1. The number of carbonyl (C=O) groups is 2. The summed E-state index contributed by atoms with van der Waals surface area (Å²) in [6.07, 6.45) is 1.69. The first-order chi connectivity index (χ1) is 16.5. The lowest BCUT2D eigenvalue weighted by molar-refractivity contribution is 0.0303. The van der Waals surface area contributed by atoms with E-state index in [1.807, 2.05) is 36.0 Å². The van der Waals surface area contributed by atoms with Gasteiger partial charge in [-0.3, -0.25) is 9.59 Å². The van der Waals surface area contributed by atoms with E-state index >= 15 is 0 Å². The molecule has 3 aromatic heterocycles. The Balaban J connectivity index is 1.47. The van der Waals surface area contributed by atoms with Gasteiger partial charge in [0.15, 0.2) is 5.65 Å². The van der Waals surface area contributed by atoms with Gasteiger partial charge in [0.05, 0.1) is 40.9 Å². The number of hydrogen-bond acceptors (Lipinski definition) is 6. The van der Waals surface area contributed by atoms with Crippen LogP contribution < -0.4 is 5.32 Å². The zero-order valence-electron chi connectivity index (χ0n) is 19.0. The second-order valence-electron chi connectivity index (χ2n) is 8.39. The van der Waals surface area contributed by atoms with Crippen molar-refractivity contribution in [1.82, 2.24) is 19.7 Å². The Bertz CT molecular complexity index is 1340. The van der Waals surface area contributed by atoms with Crippen LogP contribution in [0.25, 0.3) is 21.6 Å². The van der Waals surface area contributed by atoms with E-state index in [0.717, 1.165) is 10.6 Å². The molecule has 2 amide bonds. The summed E-state index contributed by atoms with van der Waals surface area (Å²) in [5.74, 6) is -0.339. The summed E-state index contributed by atoms with van der Waals surface area (Å²) in [6, 6.07) is 12.9. The largest absolute Gasteiger partial charge is 0.378 e. The summed E-state index contributed by atoms with van der Waals surface area (Å²) in [4.78, 5) is 33.8. The number of nitrogens with zero attached hydrogens (tertiary/aromatic N) is 4. The minimum atomic E-state index is -0.274. The molecule has 4 heterocycles. The molecule has 0 saturated carbocycles. The number of nitrogens with one attached hydrogen (secondary N) is 1. The second-order valence-corrected chi connectivity index (χ2v) is 9.34. The predicted octanol–water partition coefficient (Wildman–Crippen LogP) is 4.47. The normalized spacial score (nSPS) is 14.0. The quantitative estimate of drug-likeness (QED) is 0.460. The van der Waals surface area contributed by atoms with E-state index in [1.165, 1.54) is 0 Å². The van der Waals surface area contributed by atoms with Crippen molar-refractivity contribution in [1.29, 1.82) is 0 Å². The van der Waals surface area contributed by atoms with Crippen LogP contribution in [-0.2, 0) is 4.74 Å². The molecule has 1 N–H and O–H groups in total. The molecule has 34 heavy (non-hydrogen) atoms. The van der Waals surface area contributed by atoms with Crippen molar-refractivity contribution in [2.24, 2.45) is 0 Å². The average Bonchev–Trinajstić information content (AvgIpc) is 3.54. The topological polar surface area (TPSA) is 89.4 Å². The lowest BCUT2D eigenvalue weighted by Gasteiger charge is -2.27. The van der Waals surface area contributed by atoms with E-state index in [9.17, 15) is 9.59 Å². The van der Waals surface area contributed by atoms with Crippen LogP contribution in [0.2, 0.25) is 0 Å². The van der Waals surface area contributed by atoms with Crippen LogP contribution in [0.3, 0.4) is 0 Å². The molecule has 4 aromatic rings. The Morgan fingerprint density at radius 3 is 2.68 bits per heavy atom. The summed E-state index contributed by atoms with van der Waals surface area (Å²) in [6.45, 7) is 6.27. The third-order valence-electron chi connectivity index (χ3n) is 5.74. The monoisotopic (exact) mass is 475 g/mol. The van der Waals surface area contributed by atoms with E-state index in [0.29, 0.717) is 54.2 Å². The van der Waals surface area contributed by atoms with Crippen molar-refractivity contribution in [3.8, 4) is 10.6 Å². The van der Waals surface area contributed by atoms with E-state index < -0.39 is 0 Å². The molecule has 1 aliphatic rings. The molecule has 0 bridgehead atoms. The maximum Gasteiger partial charge on any atom is 0.256 e. The molecule has 9 heteroatoms. The molecule has 1 saturated heterocycles. The Hall–Kier alpha value is -3.56. The maximum atomic E-state index is 13.4. The number of rotatable bonds is 5. The van der Waals surface area contributed by atoms with Crippen molar-refractivity contribution in [3.05, 3.63) is 65.2 Å². The number of hydrogen-bond donors (Lipinski definition) is 1. The highest BCUT2D eigenvalue weighted by molar-refractivity contribution is 7.13. The van der Waals surface area contributed by atoms with Gasteiger partial charge in [-0.15, -0.1) is 11.3 Å². The summed E-state index contributed by atoms with van der Waals surface area (Å²) in [5.41, 5.74) is 2.98. The fraction of sp³-hybridized carbons (Fsp3) is 0.280. The molecule has 1 aliphatic heterocycles. The molecule has 8 nitrogen and oxygen atoms in total. The van der Waals surface area contributed by atoms with Crippen molar-refractivity contribution in [3.63, 3.8) is 0 Å². The van der Waals surface area contributed by atoms with Gasteiger partial charge in [0.2, 0.25) is 0 Å². The maximum absolute atomic E-state index is 13.4. The summed E-state index contributed by atoms with van der Waals surface area (Å²) in [5, 5.41) is 10.1. The molecule has 5 rings (SSSR count). The summed E-state index contributed by atoms with van der Waals surface area (Å²) >= 11 is 1.57. The molecular weight excluding hydrogens is 450 g/mol. The zero-order chi connectivity index (χ0) is 23.7.